The van der Waals surface area contributed by atoms with Crippen LogP contribution in [0.3, 0.4) is 0 Å². The summed E-state index contributed by atoms with van der Waals surface area (Å²) in [5, 5.41) is 0. The molecule has 0 aliphatic heterocycles. The zero-order valence-electron chi connectivity index (χ0n) is 12.7. The summed E-state index contributed by atoms with van der Waals surface area (Å²) in [6, 6.07) is 0.0850. The highest BCUT2D eigenvalue weighted by atomic mass is 16.5. The number of amides is 1. The minimum absolute atomic E-state index is 0.0850. The molecule has 4 heteroatoms. The molecule has 0 aromatic rings. The molecule has 1 atom stereocenters. The first-order chi connectivity index (χ1) is 8.16. The summed E-state index contributed by atoms with van der Waals surface area (Å²) in [7, 11) is 0. The van der Waals surface area contributed by atoms with E-state index >= 15 is 0 Å². The summed E-state index contributed by atoms with van der Waals surface area (Å²) in [5.41, 5.74) is -0.439. The van der Waals surface area contributed by atoms with E-state index in [2.05, 4.69) is 0 Å². The molecule has 0 radical (unpaired) electrons. The summed E-state index contributed by atoms with van der Waals surface area (Å²) < 4.78 is 5.04. The number of rotatable bonds is 5. The van der Waals surface area contributed by atoms with Crippen LogP contribution in [0.25, 0.3) is 0 Å². The van der Waals surface area contributed by atoms with Gasteiger partial charge in [0.15, 0.2) is 0 Å². The maximum atomic E-state index is 12.5. The van der Waals surface area contributed by atoms with Crippen LogP contribution in [0.4, 0.5) is 0 Å². The molecule has 0 fully saturated rings. The van der Waals surface area contributed by atoms with Crippen LogP contribution in [0, 0.1) is 11.3 Å². The van der Waals surface area contributed by atoms with Crippen LogP contribution in [0.5, 0.6) is 0 Å². The standard InChI is InChI=1S/C14H27NO3/c1-8-15(10(3)4)12(16)11(14(5,6)7)13(17)18-9-2/h10-11H,8-9H2,1-7H3. The Balaban J connectivity index is 5.21. The van der Waals surface area contributed by atoms with Crippen molar-refractivity contribution in [3.8, 4) is 0 Å². The highest BCUT2D eigenvalue weighted by molar-refractivity contribution is 5.98. The van der Waals surface area contributed by atoms with E-state index in [0.717, 1.165) is 0 Å². The van der Waals surface area contributed by atoms with E-state index in [1.165, 1.54) is 0 Å². The highest BCUT2D eigenvalue weighted by Gasteiger charge is 2.41. The van der Waals surface area contributed by atoms with Gasteiger partial charge in [-0.25, -0.2) is 0 Å². The zero-order valence-corrected chi connectivity index (χ0v) is 12.7. The van der Waals surface area contributed by atoms with Crippen molar-refractivity contribution in [3.05, 3.63) is 0 Å². The predicted molar refractivity (Wildman–Crippen MR) is 72.1 cm³/mol. The summed E-state index contributed by atoms with van der Waals surface area (Å²) in [4.78, 5) is 26.2. The molecule has 0 N–H and O–H groups in total. The smallest absolute Gasteiger partial charge is 0.319 e. The van der Waals surface area contributed by atoms with Crippen LogP contribution in [-0.2, 0) is 14.3 Å². The molecular formula is C14H27NO3. The average Bonchev–Trinajstić information content (AvgIpc) is 2.15. The van der Waals surface area contributed by atoms with Crippen molar-refractivity contribution in [2.24, 2.45) is 11.3 Å². The van der Waals surface area contributed by atoms with Gasteiger partial charge in [0.1, 0.15) is 5.92 Å². The van der Waals surface area contributed by atoms with Crippen LogP contribution in [0.1, 0.15) is 48.5 Å². The third-order valence-electron chi connectivity index (χ3n) is 2.88. The molecule has 106 valence electrons. The van der Waals surface area contributed by atoms with Gasteiger partial charge in [0.25, 0.3) is 0 Å². The summed E-state index contributed by atoms with van der Waals surface area (Å²) in [6.45, 7) is 14.1. The minimum Gasteiger partial charge on any atom is -0.465 e. The van der Waals surface area contributed by atoms with E-state index in [9.17, 15) is 9.59 Å². The molecule has 0 aliphatic carbocycles. The van der Waals surface area contributed by atoms with Crippen molar-refractivity contribution in [1.82, 2.24) is 4.90 Å². The van der Waals surface area contributed by atoms with Gasteiger partial charge in [0, 0.05) is 12.6 Å². The molecule has 0 aromatic heterocycles. The van der Waals surface area contributed by atoms with Gasteiger partial charge >= 0.3 is 5.97 Å². The van der Waals surface area contributed by atoms with Crippen LogP contribution in [0.2, 0.25) is 0 Å². The first-order valence-corrected chi connectivity index (χ1v) is 6.63. The molecule has 0 heterocycles. The molecule has 0 bridgehead atoms. The van der Waals surface area contributed by atoms with Gasteiger partial charge in [-0.2, -0.15) is 0 Å². The molecule has 1 unspecified atom stereocenters. The normalized spacial score (nSPS) is 13.3. The Morgan fingerprint density at radius 2 is 1.67 bits per heavy atom. The van der Waals surface area contributed by atoms with Crippen molar-refractivity contribution < 1.29 is 14.3 Å². The van der Waals surface area contributed by atoms with Crippen LogP contribution in [-0.4, -0.2) is 36.0 Å². The molecular weight excluding hydrogens is 230 g/mol. The first-order valence-electron chi connectivity index (χ1n) is 6.63. The van der Waals surface area contributed by atoms with Gasteiger partial charge in [-0.3, -0.25) is 9.59 Å². The molecule has 0 saturated heterocycles. The third-order valence-corrected chi connectivity index (χ3v) is 2.88. The monoisotopic (exact) mass is 257 g/mol. The Morgan fingerprint density at radius 3 is 1.94 bits per heavy atom. The van der Waals surface area contributed by atoms with Gasteiger partial charge in [-0.05, 0) is 33.1 Å². The fraction of sp³-hybridized carbons (Fsp3) is 0.857. The lowest BCUT2D eigenvalue weighted by molar-refractivity contribution is -0.161. The minimum atomic E-state index is -0.736. The number of hydrogen-bond acceptors (Lipinski definition) is 3. The van der Waals surface area contributed by atoms with Gasteiger partial charge in [-0.15, -0.1) is 0 Å². The fourth-order valence-electron chi connectivity index (χ4n) is 1.99. The lowest BCUT2D eigenvalue weighted by atomic mass is 9.79. The van der Waals surface area contributed by atoms with E-state index < -0.39 is 17.3 Å². The van der Waals surface area contributed by atoms with Crippen molar-refractivity contribution in [2.45, 2.75) is 54.5 Å². The van der Waals surface area contributed by atoms with Crippen molar-refractivity contribution in [2.75, 3.05) is 13.2 Å². The second-order valence-electron chi connectivity index (χ2n) is 5.77. The van der Waals surface area contributed by atoms with Crippen molar-refractivity contribution in [3.63, 3.8) is 0 Å². The fourth-order valence-corrected chi connectivity index (χ4v) is 1.99. The Labute approximate surface area is 111 Å². The summed E-state index contributed by atoms with van der Waals surface area (Å²) in [5.74, 6) is -1.30. The largest absolute Gasteiger partial charge is 0.465 e. The van der Waals surface area contributed by atoms with Gasteiger partial charge in [-0.1, -0.05) is 20.8 Å². The maximum absolute atomic E-state index is 12.5. The average molecular weight is 257 g/mol. The highest BCUT2D eigenvalue weighted by Crippen LogP contribution is 2.29. The second kappa shape index (κ2) is 6.76. The quantitative estimate of drug-likeness (QED) is 0.561. The number of carbonyl (C=O) groups is 2. The van der Waals surface area contributed by atoms with E-state index in [-0.39, 0.29) is 11.9 Å². The van der Waals surface area contributed by atoms with E-state index in [4.69, 9.17) is 4.74 Å². The van der Waals surface area contributed by atoms with Gasteiger partial charge in [0.05, 0.1) is 6.61 Å². The van der Waals surface area contributed by atoms with Crippen LogP contribution < -0.4 is 0 Å². The Hall–Kier alpha value is -1.06. The number of nitrogens with zero attached hydrogens (tertiary/aromatic N) is 1. The number of hydrogen-bond donors (Lipinski definition) is 0. The predicted octanol–water partition coefficient (Wildman–Crippen LogP) is 2.47. The lowest BCUT2D eigenvalue weighted by Gasteiger charge is -2.34. The third kappa shape index (κ3) is 4.31. The number of esters is 1. The molecule has 0 rings (SSSR count). The van der Waals surface area contributed by atoms with Gasteiger partial charge < -0.3 is 9.64 Å². The van der Waals surface area contributed by atoms with Crippen LogP contribution >= 0.6 is 0 Å². The molecule has 0 spiro atoms. The van der Waals surface area contributed by atoms with Crippen LogP contribution in [0.15, 0.2) is 0 Å². The molecule has 1 amide bonds. The van der Waals surface area contributed by atoms with Gasteiger partial charge in [0.2, 0.25) is 5.91 Å². The number of ether oxygens (including phenoxy) is 1. The molecule has 18 heavy (non-hydrogen) atoms. The van der Waals surface area contributed by atoms with E-state index in [0.29, 0.717) is 13.2 Å². The lowest BCUT2D eigenvalue weighted by Crippen LogP contribution is -2.48. The molecule has 0 aliphatic rings. The van der Waals surface area contributed by atoms with E-state index in [1.807, 2.05) is 41.5 Å². The Bertz CT molecular complexity index is 292. The number of carbonyl (C=O) groups excluding carboxylic acids is 2. The summed E-state index contributed by atoms with van der Waals surface area (Å²) >= 11 is 0. The first kappa shape index (κ1) is 16.9. The Morgan fingerprint density at radius 1 is 1.17 bits per heavy atom. The molecule has 4 nitrogen and oxygen atoms in total. The molecule has 0 aromatic carbocycles. The zero-order chi connectivity index (χ0) is 14.5. The van der Waals surface area contributed by atoms with Crippen molar-refractivity contribution >= 4 is 11.9 Å². The SMILES string of the molecule is CCOC(=O)C(C(=O)N(CC)C(C)C)C(C)(C)C. The topological polar surface area (TPSA) is 46.6 Å². The summed E-state index contributed by atoms with van der Waals surface area (Å²) in [6.07, 6.45) is 0. The van der Waals surface area contributed by atoms with Crippen molar-refractivity contribution in [1.29, 1.82) is 0 Å². The Kier molecular flexibility index (Phi) is 6.36. The molecule has 0 saturated carbocycles. The van der Waals surface area contributed by atoms with E-state index in [1.54, 1.807) is 11.8 Å². The second-order valence-corrected chi connectivity index (χ2v) is 5.77. The maximum Gasteiger partial charge on any atom is 0.319 e.